The molecule has 7 nitrogen and oxygen atoms in total. The average Bonchev–Trinajstić information content (AvgIpc) is 2.41. The summed E-state index contributed by atoms with van der Waals surface area (Å²) in [5.41, 5.74) is -1.08. The molecule has 1 rings (SSSR count). The van der Waals surface area contributed by atoms with Crippen LogP contribution in [0.25, 0.3) is 0 Å². The Morgan fingerprint density at radius 3 is 2.17 bits per heavy atom. The van der Waals surface area contributed by atoms with Crippen molar-refractivity contribution >= 4 is 12.2 Å². The van der Waals surface area contributed by atoms with Crippen molar-refractivity contribution in [3.8, 4) is 0 Å². The first kappa shape index (κ1) is 20.5. The summed E-state index contributed by atoms with van der Waals surface area (Å²) in [5, 5.41) is 12.4. The third-order valence-electron chi connectivity index (χ3n) is 3.69. The van der Waals surface area contributed by atoms with E-state index in [0.717, 1.165) is 0 Å². The number of alkyl carbamates (subject to hydrolysis) is 1. The zero-order valence-electron chi connectivity index (χ0n) is 15.7. The number of ether oxygens (including phenoxy) is 2. The molecule has 0 aromatic heterocycles. The van der Waals surface area contributed by atoms with Gasteiger partial charge >= 0.3 is 12.2 Å². The molecule has 0 aliphatic carbocycles. The van der Waals surface area contributed by atoms with Crippen LogP contribution in [0, 0.1) is 11.8 Å². The molecule has 1 aliphatic rings. The van der Waals surface area contributed by atoms with Crippen molar-refractivity contribution < 1.29 is 24.2 Å². The quantitative estimate of drug-likeness (QED) is 0.821. The summed E-state index contributed by atoms with van der Waals surface area (Å²) in [5.74, 6) is 0.00223. The van der Waals surface area contributed by atoms with E-state index in [1.807, 2.05) is 41.5 Å². The molecule has 0 bridgehead atoms. The van der Waals surface area contributed by atoms with Crippen molar-refractivity contribution in [2.45, 2.75) is 59.2 Å². The van der Waals surface area contributed by atoms with Gasteiger partial charge in [0.15, 0.2) is 0 Å². The van der Waals surface area contributed by atoms with Gasteiger partial charge in [0, 0.05) is 32.2 Å². The summed E-state index contributed by atoms with van der Waals surface area (Å²) in [6.07, 6.45) is -0.131. The topological polar surface area (TPSA) is 88.1 Å². The molecule has 2 atom stereocenters. The van der Waals surface area contributed by atoms with Gasteiger partial charge in [-0.3, -0.25) is 0 Å². The largest absolute Gasteiger partial charge is 0.444 e. The molecule has 7 heteroatoms. The van der Waals surface area contributed by atoms with Gasteiger partial charge in [0.2, 0.25) is 0 Å². The number of carbonyl (C=O) groups excluding carboxylic acids is 2. The molecule has 24 heavy (non-hydrogen) atoms. The van der Waals surface area contributed by atoms with Gasteiger partial charge < -0.3 is 24.8 Å². The Bertz CT molecular complexity index is 439. The molecule has 1 heterocycles. The van der Waals surface area contributed by atoms with Gasteiger partial charge in [0.25, 0.3) is 0 Å². The first-order valence-corrected chi connectivity index (χ1v) is 8.47. The molecule has 1 aliphatic heterocycles. The van der Waals surface area contributed by atoms with Crippen LogP contribution in [0.4, 0.5) is 9.59 Å². The van der Waals surface area contributed by atoms with E-state index in [-0.39, 0.29) is 24.5 Å². The normalized spacial score (nSPS) is 22.0. The van der Waals surface area contributed by atoms with Gasteiger partial charge in [-0.2, -0.15) is 0 Å². The molecule has 0 saturated carbocycles. The zero-order chi connectivity index (χ0) is 18.5. The van der Waals surface area contributed by atoms with E-state index in [0.29, 0.717) is 26.1 Å². The maximum Gasteiger partial charge on any atom is 0.410 e. The highest BCUT2D eigenvalue weighted by Gasteiger charge is 2.33. The lowest BCUT2D eigenvalue weighted by Crippen LogP contribution is -2.49. The van der Waals surface area contributed by atoms with E-state index in [1.54, 1.807) is 4.90 Å². The maximum absolute atomic E-state index is 12.1. The summed E-state index contributed by atoms with van der Waals surface area (Å²) in [4.78, 5) is 25.5. The van der Waals surface area contributed by atoms with E-state index in [2.05, 4.69) is 5.32 Å². The van der Waals surface area contributed by atoms with Crippen molar-refractivity contribution in [3.63, 3.8) is 0 Å². The van der Waals surface area contributed by atoms with E-state index >= 15 is 0 Å². The Balaban J connectivity index is 2.51. The SMILES string of the molecule is CC(C)(C)OC(=O)NC[C@@H]1CCN(C(=O)OC(C)(C)C)C[C@@H]1CO. The number of likely N-dealkylation sites (tertiary alicyclic amines) is 1. The molecule has 0 aromatic carbocycles. The van der Waals surface area contributed by atoms with Crippen LogP contribution in [-0.2, 0) is 9.47 Å². The maximum atomic E-state index is 12.1. The minimum atomic E-state index is -0.541. The number of rotatable bonds is 3. The standard InChI is InChI=1S/C17H32N2O5/c1-16(2,3)23-14(21)18-9-12-7-8-19(10-13(12)11-20)15(22)24-17(4,5)6/h12-13,20H,7-11H2,1-6H3,(H,18,21)/t12-,13+/m0/s1. The van der Waals surface area contributed by atoms with Gasteiger partial charge in [-0.25, -0.2) is 9.59 Å². The first-order chi connectivity index (χ1) is 10.9. The number of nitrogens with one attached hydrogen (secondary N) is 1. The van der Waals surface area contributed by atoms with Crippen LogP contribution in [0.2, 0.25) is 0 Å². The summed E-state index contributed by atoms with van der Waals surface area (Å²) < 4.78 is 10.6. The van der Waals surface area contributed by atoms with Gasteiger partial charge in [-0.15, -0.1) is 0 Å². The Hall–Kier alpha value is -1.50. The Labute approximate surface area is 144 Å². The fraction of sp³-hybridized carbons (Fsp3) is 0.882. The minimum Gasteiger partial charge on any atom is -0.444 e. The Morgan fingerprint density at radius 2 is 1.67 bits per heavy atom. The molecule has 1 saturated heterocycles. The molecular weight excluding hydrogens is 312 g/mol. The van der Waals surface area contributed by atoms with Crippen molar-refractivity contribution in [1.82, 2.24) is 10.2 Å². The zero-order valence-corrected chi connectivity index (χ0v) is 15.7. The van der Waals surface area contributed by atoms with E-state index in [1.165, 1.54) is 0 Å². The van der Waals surface area contributed by atoms with E-state index in [9.17, 15) is 14.7 Å². The lowest BCUT2D eigenvalue weighted by atomic mass is 9.86. The summed E-state index contributed by atoms with van der Waals surface area (Å²) in [6.45, 7) is 12.2. The van der Waals surface area contributed by atoms with E-state index < -0.39 is 17.3 Å². The molecular formula is C17H32N2O5. The first-order valence-electron chi connectivity index (χ1n) is 8.47. The lowest BCUT2D eigenvalue weighted by molar-refractivity contribution is 0.00306. The number of carbonyl (C=O) groups is 2. The molecule has 0 unspecified atom stereocenters. The van der Waals surface area contributed by atoms with Crippen LogP contribution < -0.4 is 5.32 Å². The number of nitrogens with zero attached hydrogens (tertiary/aromatic N) is 1. The lowest BCUT2D eigenvalue weighted by Gasteiger charge is -2.38. The number of piperidine rings is 1. The van der Waals surface area contributed by atoms with Gasteiger partial charge in [0.1, 0.15) is 11.2 Å². The summed E-state index contributed by atoms with van der Waals surface area (Å²) in [6, 6.07) is 0. The van der Waals surface area contributed by atoms with Crippen LogP contribution >= 0.6 is 0 Å². The highest BCUT2D eigenvalue weighted by molar-refractivity contribution is 5.68. The summed E-state index contributed by atoms with van der Waals surface area (Å²) in [7, 11) is 0. The third kappa shape index (κ3) is 7.38. The van der Waals surface area contributed by atoms with Crippen LogP contribution in [-0.4, -0.2) is 59.6 Å². The third-order valence-corrected chi connectivity index (χ3v) is 3.69. The molecule has 0 aromatic rings. The second-order valence-electron chi connectivity index (χ2n) is 8.30. The van der Waals surface area contributed by atoms with Crippen LogP contribution in [0.3, 0.4) is 0 Å². The number of aliphatic hydroxyl groups is 1. The average molecular weight is 344 g/mol. The Kier molecular flexibility index (Phi) is 6.89. The second-order valence-corrected chi connectivity index (χ2v) is 8.30. The minimum absolute atomic E-state index is 0.0417. The van der Waals surface area contributed by atoms with Gasteiger partial charge in [-0.05, 0) is 53.9 Å². The van der Waals surface area contributed by atoms with Crippen LogP contribution in [0.5, 0.6) is 0 Å². The Morgan fingerprint density at radius 1 is 1.08 bits per heavy atom. The second kappa shape index (κ2) is 8.05. The molecule has 2 N–H and O–H groups in total. The highest BCUT2D eigenvalue weighted by Crippen LogP contribution is 2.24. The molecule has 1 fully saturated rings. The number of hydrogen-bond acceptors (Lipinski definition) is 5. The smallest absolute Gasteiger partial charge is 0.410 e. The highest BCUT2D eigenvalue weighted by atomic mass is 16.6. The molecule has 140 valence electrons. The fourth-order valence-corrected chi connectivity index (χ4v) is 2.58. The predicted molar refractivity (Wildman–Crippen MR) is 90.7 cm³/mol. The van der Waals surface area contributed by atoms with Crippen molar-refractivity contribution in [2.24, 2.45) is 11.8 Å². The fourth-order valence-electron chi connectivity index (χ4n) is 2.58. The molecule has 0 spiro atoms. The van der Waals surface area contributed by atoms with Crippen molar-refractivity contribution in [1.29, 1.82) is 0 Å². The van der Waals surface area contributed by atoms with Gasteiger partial charge in [-0.1, -0.05) is 0 Å². The number of aliphatic hydroxyl groups excluding tert-OH is 1. The predicted octanol–water partition coefficient (Wildman–Crippen LogP) is 2.38. The monoisotopic (exact) mass is 344 g/mol. The van der Waals surface area contributed by atoms with Crippen LogP contribution in [0.1, 0.15) is 48.0 Å². The molecule has 2 amide bonds. The van der Waals surface area contributed by atoms with E-state index in [4.69, 9.17) is 9.47 Å². The van der Waals surface area contributed by atoms with Crippen LogP contribution in [0.15, 0.2) is 0 Å². The summed E-state index contributed by atoms with van der Waals surface area (Å²) >= 11 is 0. The van der Waals surface area contributed by atoms with Gasteiger partial charge in [0.05, 0.1) is 0 Å². The molecule has 0 radical (unpaired) electrons. The van der Waals surface area contributed by atoms with Crippen molar-refractivity contribution in [2.75, 3.05) is 26.2 Å². The van der Waals surface area contributed by atoms with Crippen molar-refractivity contribution in [3.05, 3.63) is 0 Å². The number of hydrogen-bond donors (Lipinski definition) is 2. The number of amides is 2.